The second-order valence-electron chi connectivity index (χ2n) is 7.43. The number of nitrogens with one attached hydrogen (secondary N) is 1. The maximum atomic E-state index is 12.9. The van der Waals surface area contributed by atoms with Gasteiger partial charge in [-0.1, -0.05) is 26.0 Å². The van der Waals surface area contributed by atoms with Gasteiger partial charge in [0.15, 0.2) is 5.60 Å². The number of carbonyl (C=O) groups excluding carboxylic acids is 2. The Balaban J connectivity index is 1.85. The Labute approximate surface area is 136 Å². The topological polar surface area (TPSA) is 75.6 Å². The summed E-state index contributed by atoms with van der Waals surface area (Å²) in [6.07, 6.45) is 0.649. The van der Waals surface area contributed by atoms with Crippen LogP contribution in [0, 0.1) is 10.8 Å². The smallest absolute Gasteiger partial charge is 0.313 e. The van der Waals surface area contributed by atoms with Crippen molar-refractivity contribution in [2.45, 2.75) is 52.2 Å². The van der Waals surface area contributed by atoms with Gasteiger partial charge >= 0.3 is 5.97 Å². The third kappa shape index (κ3) is 1.96. The number of aliphatic hydroxyl groups is 1. The lowest BCUT2D eigenvalue weighted by atomic mass is 9.66. The number of ether oxygens (including phenoxy) is 1. The van der Waals surface area contributed by atoms with Crippen molar-refractivity contribution in [3.05, 3.63) is 29.8 Å². The van der Waals surface area contributed by atoms with Crippen molar-refractivity contribution in [3.8, 4) is 0 Å². The van der Waals surface area contributed by atoms with Crippen LogP contribution in [0.5, 0.6) is 0 Å². The van der Waals surface area contributed by atoms with Gasteiger partial charge in [0.05, 0.1) is 11.5 Å². The molecule has 1 aromatic carbocycles. The highest BCUT2D eigenvalue weighted by Gasteiger charge is 2.75. The van der Waals surface area contributed by atoms with E-state index < -0.39 is 22.5 Å². The number of fused-ring (bicyclic) bond motifs is 2. The van der Waals surface area contributed by atoms with E-state index in [2.05, 4.69) is 5.32 Å². The van der Waals surface area contributed by atoms with Crippen LogP contribution in [0.1, 0.15) is 52.2 Å². The Morgan fingerprint density at radius 1 is 1.22 bits per heavy atom. The van der Waals surface area contributed by atoms with Gasteiger partial charge < -0.3 is 15.2 Å². The summed E-state index contributed by atoms with van der Waals surface area (Å²) >= 11 is 0. The van der Waals surface area contributed by atoms with Crippen LogP contribution in [0.2, 0.25) is 0 Å². The molecule has 2 bridgehead atoms. The number of hydrogen-bond donors (Lipinski definition) is 2. The summed E-state index contributed by atoms with van der Waals surface area (Å²) in [5, 5.41) is 12.4. The molecule has 1 saturated heterocycles. The molecule has 124 valence electrons. The van der Waals surface area contributed by atoms with Gasteiger partial charge in [-0.15, -0.1) is 0 Å². The number of amides is 1. The first-order chi connectivity index (χ1) is 10.6. The molecular formula is C18H23NO4. The molecule has 3 rings (SSSR count). The molecule has 5 nitrogen and oxygen atoms in total. The van der Waals surface area contributed by atoms with Crippen molar-refractivity contribution >= 4 is 17.6 Å². The zero-order chi connectivity index (χ0) is 17.0. The molecule has 1 saturated carbocycles. The maximum absolute atomic E-state index is 12.9. The average Bonchev–Trinajstić information content (AvgIpc) is 2.78. The Morgan fingerprint density at radius 2 is 1.83 bits per heavy atom. The standard InChI is InChI=1S/C18H23NO4/c1-11(20)12-5-7-13(8-6-12)19-14(21)18-10-9-17(4,15(22)23-18)16(18,2)3/h5-8,11,20H,9-10H2,1-4H3,(H,19,21)/t11-,17+,18+/m1/s1. The normalized spacial score (nSPS) is 32.5. The quantitative estimate of drug-likeness (QED) is 0.841. The van der Waals surface area contributed by atoms with Crippen molar-refractivity contribution in [2.75, 3.05) is 5.32 Å². The monoisotopic (exact) mass is 317 g/mol. The number of aliphatic hydroxyl groups excluding tert-OH is 1. The molecule has 3 atom stereocenters. The molecular weight excluding hydrogens is 294 g/mol. The summed E-state index contributed by atoms with van der Waals surface area (Å²) in [4.78, 5) is 25.1. The Kier molecular flexibility index (Phi) is 3.34. The first-order valence-electron chi connectivity index (χ1n) is 7.97. The van der Waals surface area contributed by atoms with E-state index in [0.29, 0.717) is 18.5 Å². The Bertz CT molecular complexity index is 664. The SMILES string of the molecule is C[C@@H](O)c1ccc(NC(=O)[C@]23CC[C@@](C)(C(=O)O2)C3(C)C)cc1. The number of hydrogen-bond acceptors (Lipinski definition) is 4. The highest BCUT2D eigenvalue weighted by Crippen LogP contribution is 2.65. The summed E-state index contributed by atoms with van der Waals surface area (Å²) < 4.78 is 5.57. The summed E-state index contributed by atoms with van der Waals surface area (Å²) in [7, 11) is 0. The molecule has 0 aromatic heterocycles. The van der Waals surface area contributed by atoms with Crippen LogP contribution < -0.4 is 5.32 Å². The summed E-state index contributed by atoms with van der Waals surface area (Å²) in [6, 6.07) is 7.02. The van der Waals surface area contributed by atoms with Crippen LogP contribution >= 0.6 is 0 Å². The molecule has 2 aliphatic rings. The fourth-order valence-electron chi connectivity index (χ4n) is 3.82. The highest BCUT2D eigenvalue weighted by atomic mass is 16.6. The van der Waals surface area contributed by atoms with Gasteiger partial charge in [0.25, 0.3) is 5.91 Å². The second kappa shape index (κ2) is 4.81. The third-order valence-corrected chi connectivity index (χ3v) is 6.10. The van der Waals surface area contributed by atoms with Gasteiger partial charge in [-0.2, -0.15) is 0 Å². The number of carbonyl (C=O) groups is 2. The molecule has 1 amide bonds. The molecule has 0 spiro atoms. The molecule has 5 heteroatoms. The average molecular weight is 317 g/mol. The van der Waals surface area contributed by atoms with Crippen LogP contribution in [0.3, 0.4) is 0 Å². The zero-order valence-corrected chi connectivity index (χ0v) is 14.0. The predicted molar refractivity (Wildman–Crippen MR) is 85.7 cm³/mol. The van der Waals surface area contributed by atoms with E-state index in [-0.39, 0.29) is 11.9 Å². The molecule has 1 aliphatic heterocycles. The minimum atomic E-state index is -1.11. The number of rotatable bonds is 3. The van der Waals surface area contributed by atoms with Crippen LogP contribution in [0.25, 0.3) is 0 Å². The van der Waals surface area contributed by atoms with E-state index in [1.54, 1.807) is 31.2 Å². The number of esters is 1. The van der Waals surface area contributed by atoms with Crippen molar-refractivity contribution in [1.29, 1.82) is 0 Å². The molecule has 23 heavy (non-hydrogen) atoms. The predicted octanol–water partition coefficient (Wildman–Crippen LogP) is 2.80. The summed E-state index contributed by atoms with van der Waals surface area (Å²) in [5.74, 6) is -0.560. The van der Waals surface area contributed by atoms with Crippen molar-refractivity contribution in [3.63, 3.8) is 0 Å². The minimum Gasteiger partial charge on any atom is -0.448 e. The van der Waals surface area contributed by atoms with Crippen molar-refractivity contribution in [2.24, 2.45) is 10.8 Å². The van der Waals surface area contributed by atoms with E-state index in [1.165, 1.54) is 0 Å². The lowest BCUT2D eigenvalue weighted by Crippen LogP contribution is -2.50. The number of anilines is 1. The summed E-state index contributed by atoms with van der Waals surface area (Å²) in [5.41, 5.74) is -0.869. The van der Waals surface area contributed by atoms with E-state index in [1.807, 2.05) is 20.8 Å². The molecule has 2 fully saturated rings. The molecule has 0 radical (unpaired) electrons. The van der Waals surface area contributed by atoms with Crippen LogP contribution in [0.15, 0.2) is 24.3 Å². The minimum absolute atomic E-state index is 0.276. The number of benzene rings is 1. The summed E-state index contributed by atoms with van der Waals surface area (Å²) in [6.45, 7) is 7.43. The van der Waals surface area contributed by atoms with Crippen LogP contribution in [0.4, 0.5) is 5.69 Å². The van der Waals surface area contributed by atoms with Gasteiger partial charge in [0.1, 0.15) is 0 Å². The lowest BCUT2D eigenvalue weighted by Gasteiger charge is -2.35. The Morgan fingerprint density at radius 3 is 2.26 bits per heavy atom. The van der Waals surface area contributed by atoms with E-state index >= 15 is 0 Å². The van der Waals surface area contributed by atoms with Gasteiger partial charge in [0.2, 0.25) is 0 Å². The van der Waals surface area contributed by atoms with Gasteiger partial charge in [-0.25, -0.2) is 0 Å². The van der Waals surface area contributed by atoms with E-state index in [0.717, 1.165) is 5.56 Å². The first-order valence-corrected chi connectivity index (χ1v) is 7.97. The molecule has 2 N–H and O–H groups in total. The molecule has 1 aliphatic carbocycles. The first kappa shape index (κ1) is 16.0. The molecule has 0 unspecified atom stereocenters. The van der Waals surface area contributed by atoms with Crippen LogP contribution in [-0.4, -0.2) is 22.6 Å². The lowest BCUT2D eigenvalue weighted by molar-refractivity contribution is -0.165. The van der Waals surface area contributed by atoms with Gasteiger partial charge in [-0.3, -0.25) is 9.59 Å². The third-order valence-electron chi connectivity index (χ3n) is 6.10. The maximum Gasteiger partial charge on any atom is 0.313 e. The zero-order valence-electron chi connectivity index (χ0n) is 14.0. The molecule has 1 aromatic rings. The van der Waals surface area contributed by atoms with Crippen LogP contribution in [-0.2, 0) is 14.3 Å². The van der Waals surface area contributed by atoms with Gasteiger partial charge in [-0.05, 0) is 44.4 Å². The fourth-order valence-corrected chi connectivity index (χ4v) is 3.82. The fraction of sp³-hybridized carbons (Fsp3) is 0.556. The largest absolute Gasteiger partial charge is 0.448 e. The second-order valence-corrected chi connectivity index (χ2v) is 7.43. The van der Waals surface area contributed by atoms with Crippen molar-refractivity contribution in [1.82, 2.24) is 0 Å². The van der Waals surface area contributed by atoms with Gasteiger partial charge in [0, 0.05) is 11.1 Å². The van der Waals surface area contributed by atoms with Crippen molar-refractivity contribution < 1.29 is 19.4 Å². The molecule has 1 heterocycles. The highest BCUT2D eigenvalue weighted by molar-refractivity contribution is 6.03. The van der Waals surface area contributed by atoms with E-state index in [9.17, 15) is 14.7 Å². The Hall–Kier alpha value is -1.88. The van der Waals surface area contributed by atoms with E-state index in [4.69, 9.17) is 4.74 Å².